The summed E-state index contributed by atoms with van der Waals surface area (Å²) < 4.78 is 5.01. The van der Waals surface area contributed by atoms with Crippen LogP contribution in [0, 0.1) is 17.0 Å². The van der Waals surface area contributed by atoms with Crippen molar-refractivity contribution in [2.75, 3.05) is 11.9 Å². The lowest BCUT2D eigenvalue weighted by atomic mass is 10.1. The molecule has 28 heavy (non-hydrogen) atoms. The van der Waals surface area contributed by atoms with Crippen LogP contribution in [0.1, 0.15) is 11.1 Å². The van der Waals surface area contributed by atoms with Crippen molar-refractivity contribution in [3.05, 3.63) is 81.9 Å². The molecule has 0 aliphatic rings. The molecule has 1 N–H and O–H groups in total. The third kappa shape index (κ3) is 4.70. The zero-order chi connectivity index (χ0) is 20.1. The number of rotatable bonds is 6. The average molecular weight is 378 g/mol. The zero-order valence-corrected chi connectivity index (χ0v) is 15.2. The smallest absolute Gasteiger partial charge is 0.310 e. The number of carbonyl (C=O) groups excluding carboxylic acids is 2. The van der Waals surface area contributed by atoms with Crippen molar-refractivity contribution >= 4 is 34.0 Å². The lowest BCUT2D eigenvalue weighted by molar-refractivity contribution is -0.385. The number of ether oxygens (including phenoxy) is 1. The van der Waals surface area contributed by atoms with Crippen molar-refractivity contribution in [3.8, 4) is 0 Å². The van der Waals surface area contributed by atoms with Gasteiger partial charge in [-0.25, -0.2) is 0 Å². The number of aryl methyl sites for hydroxylation is 1. The average Bonchev–Trinajstić information content (AvgIpc) is 2.67. The number of nitro groups is 1. The fourth-order valence-electron chi connectivity index (χ4n) is 2.79. The molecule has 1 amide bonds. The highest BCUT2D eigenvalue weighted by atomic mass is 16.6. The standard InChI is InChI=1S/C21H18N2O5/c1-14-6-9-18(12-19(14)23(26)27)22-20(24)13-28-21(25)11-15-7-8-16-4-2-3-5-17(16)10-15/h2-10,12H,11,13H2,1H3,(H,22,24). The van der Waals surface area contributed by atoms with Gasteiger partial charge in [0.2, 0.25) is 0 Å². The van der Waals surface area contributed by atoms with E-state index in [1.807, 2.05) is 42.5 Å². The Hall–Kier alpha value is -3.74. The predicted molar refractivity (Wildman–Crippen MR) is 105 cm³/mol. The van der Waals surface area contributed by atoms with E-state index < -0.39 is 23.4 Å². The molecular formula is C21H18N2O5. The Bertz CT molecular complexity index is 1060. The van der Waals surface area contributed by atoms with Crippen LogP contribution in [0.5, 0.6) is 0 Å². The van der Waals surface area contributed by atoms with Gasteiger partial charge < -0.3 is 10.1 Å². The number of carbonyl (C=O) groups is 2. The summed E-state index contributed by atoms with van der Waals surface area (Å²) in [5.74, 6) is -1.09. The summed E-state index contributed by atoms with van der Waals surface area (Å²) in [5.41, 5.74) is 1.46. The Labute approximate surface area is 161 Å². The summed E-state index contributed by atoms with van der Waals surface area (Å²) in [5, 5.41) is 15.5. The van der Waals surface area contributed by atoms with Gasteiger partial charge in [0, 0.05) is 17.3 Å². The molecule has 0 spiro atoms. The van der Waals surface area contributed by atoms with Gasteiger partial charge in [-0.15, -0.1) is 0 Å². The molecule has 142 valence electrons. The van der Waals surface area contributed by atoms with E-state index in [0.29, 0.717) is 5.56 Å². The van der Waals surface area contributed by atoms with E-state index in [0.717, 1.165) is 16.3 Å². The number of anilines is 1. The van der Waals surface area contributed by atoms with E-state index in [9.17, 15) is 19.7 Å². The Morgan fingerprint density at radius 2 is 1.79 bits per heavy atom. The second kappa shape index (κ2) is 8.30. The number of benzene rings is 3. The van der Waals surface area contributed by atoms with Gasteiger partial charge in [0.05, 0.1) is 11.3 Å². The van der Waals surface area contributed by atoms with Crippen LogP contribution >= 0.6 is 0 Å². The minimum Gasteiger partial charge on any atom is -0.455 e. The van der Waals surface area contributed by atoms with Crippen LogP contribution in [-0.2, 0) is 20.7 Å². The number of hydrogen-bond acceptors (Lipinski definition) is 5. The number of amides is 1. The first kappa shape index (κ1) is 19.0. The zero-order valence-electron chi connectivity index (χ0n) is 15.2. The molecular weight excluding hydrogens is 360 g/mol. The maximum atomic E-state index is 12.0. The molecule has 0 saturated heterocycles. The molecule has 3 aromatic rings. The van der Waals surface area contributed by atoms with Crippen LogP contribution in [0.4, 0.5) is 11.4 Å². The van der Waals surface area contributed by atoms with Gasteiger partial charge in [-0.2, -0.15) is 0 Å². The van der Waals surface area contributed by atoms with Crippen LogP contribution < -0.4 is 5.32 Å². The number of nitrogens with one attached hydrogen (secondary N) is 1. The van der Waals surface area contributed by atoms with Gasteiger partial charge in [-0.05, 0) is 29.3 Å². The minimum absolute atomic E-state index is 0.0497. The van der Waals surface area contributed by atoms with E-state index in [-0.39, 0.29) is 17.8 Å². The number of nitro benzene ring substituents is 1. The molecule has 0 radical (unpaired) electrons. The van der Waals surface area contributed by atoms with E-state index in [1.54, 1.807) is 19.1 Å². The lowest BCUT2D eigenvalue weighted by Gasteiger charge is -2.08. The first-order chi connectivity index (χ1) is 13.4. The molecule has 0 bridgehead atoms. The van der Waals surface area contributed by atoms with Gasteiger partial charge in [-0.1, -0.05) is 48.5 Å². The van der Waals surface area contributed by atoms with Gasteiger partial charge in [0.1, 0.15) is 0 Å². The second-order valence-corrected chi connectivity index (χ2v) is 6.33. The Morgan fingerprint density at radius 3 is 2.54 bits per heavy atom. The van der Waals surface area contributed by atoms with Crippen LogP contribution in [0.2, 0.25) is 0 Å². The van der Waals surface area contributed by atoms with Gasteiger partial charge in [0.15, 0.2) is 6.61 Å². The molecule has 7 nitrogen and oxygen atoms in total. The SMILES string of the molecule is Cc1ccc(NC(=O)COC(=O)Cc2ccc3ccccc3c2)cc1[N+](=O)[O-]. The fraction of sp³-hybridized carbons (Fsp3) is 0.143. The third-order valence-corrected chi connectivity index (χ3v) is 4.22. The topological polar surface area (TPSA) is 98.5 Å². The minimum atomic E-state index is -0.565. The van der Waals surface area contributed by atoms with Crippen molar-refractivity contribution in [1.82, 2.24) is 0 Å². The summed E-state index contributed by atoms with van der Waals surface area (Å²) in [6, 6.07) is 17.8. The van der Waals surface area contributed by atoms with E-state index in [1.165, 1.54) is 6.07 Å². The molecule has 3 aromatic carbocycles. The summed E-state index contributed by atoms with van der Waals surface area (Å²) in [4.78, 5) is 34.4. The van der Waals surface area contributed by atoms with E-state index >= 15 is 0 Å². The van der Waals surface area contributed by atoms with Crippen molar-refractivity contribution in [1.29, 1.82) is 0 Å². The van der Waals surface area contributed by atoms with Crippen LogP contribution in [-0.4, -0.2) is 23.4 Å². The maximum absolute atomic E-state index is 12.0. The molecule has 0 saturated carbocycles. The number of hydrogen-bond donors (Lipinski definition) is 1. The van der Waals surface area contributed by atoms with Crippen molar-refractivity contribution in [3.63, 3.8) is 0 Å². The molecule has 0 aliphatic heterocycles. The number of nitrogens with zero attached hydrogens (tertiary/aromatic N) is 1. The maximum Gasteiger partial charge on any atom is 0.310 e. The first-order valence-electron chi connectivity index (χ1n) is 8.60. The Morgan fingerprint density at radius 1 is 1.04 bits per heavy atom. The van der Waals surface area contributed by atoms with Gasteiger partial charge in [-0.3, -0.25) is 19.7 Å². The fourth-order valence-corrected chi connectivity index (χ4v) is 2.79. The summed E-state index contributed by atoms with van der Waals surface area (Å²) in [6.07, 6.45) is 0.0497. The largest absolute Gasteiger partial charge is 0.455 e. The highest BCUT2D eigenvalue weighted by Crippen LogP contribution is 2.22. The molecule has 0 fully saturated rings. The molecule has 0 atom stereocenters. The molecule has 7 heteroatoms. The van der Waals surface area contributed by atoms with Crippen LogP contribution in [0.15, 0.2) is 60.7 Å². The monoisotopic (exact) mass is 378 g/mol. The predicted octanol–water partition coefficient (Wildman–Crippen LogP) is 3.78. The normalized spacial score (nSPS) is 10.5. The van der Waals surface area contributed by atoms with Gasteiger partial charge >= 0.3 is 5.97 Å². The second-order valence-electron chi connectivity index (χ2n) is 6.33. The quantitative estimate of drug-likeness (QED) is 0.400. The van der Waals surface area contributed by atoms with E-state index in [2.05, 4.69) is 5.32 Å². The van der Waals surface area contributed by atoms with Crippen LogP contribution in [0.25, 0.3) is 10.8 Å². The molecule has 0 aromatic heterocycles. The van der Waals surface area contributed by atoms with Crippen molar-refractivity contribution in [2.45, 2.75) is 13.3 Å². The number of esters is 1. The van der Waals surface area contributed by atoms with Crippen LogP contribution in [0.3, 0.4) is 0 Å². The third-order valence-electron chi connectivity index (χ3n) is 4.22. The highest BCUT2D eigenvalue weighted by Gasteiger charge is 2.13. The summed E-state index contributed by atoms with van der Waals surface area (Å²) >= 11 is 0. The molecule has 0 unspecified atom stereocenters. The van der Waals surface area contributed by atoms with Crippen molar-refractivity contribution in [2.24, 2.45) is 0 Å². The van der Waals surface area contributed by atoms with Gasteiger partial charge in [0.25, 0.3) is 11.6 Å². The summed E-state index contributed by atoms with van der Waals surface area (Å²) in [7, 11) is 0. The number of fused-ring (bicyclic) bond motifs is 1. The Kier molecular flexibility index (Phi) is 5.64. The van der Waals surface area contributed by atoms with Crippen molar-refractivity contribution < 1.29 is 19.2 Å². The highest BCUT2D eigenvalue weighted by molar-refractivity contribution is 5.93. The first-order valence-corrected chi connectivity index (χ1v) is 8.60. The molecule has 0 heterocycles. The molecule has 3 rings (SSSR count). The van der Waals surface area contributed by atoms with E-state index in [4.69, 9.17) is 4.74 Å². The lowest BCUT2D eigenvalue weighted by Crippen LogP contribution is -2.21. The summed E-state index contributed by atoms with van der Waals surface area (Å²) in [6.45, 7) is 1.15. The molecule has 0 aliphatic carbocycles. The Balaban J connectivity index is 1.54.